The smallest absolute Gasteiger partial charge is 0.741 e. The van der Waals surface area contributed by atoms with Crippen LogP contribution in [0.25, 0.3) is 0 Å². The van der Waals surface area contributed by atoms with Crippen LogP contribution >= 0.6 is 0 Å². The monoisotopic (exact) mass is 407 g/mol. The molecule has 15 heavy (non-hydrogen) atoms. The van der Waals surface area contributed by atoms with Crippen LogP contribution in [0.5, 0.6) is 0 Å². The number of hydrogen-bond donors (Lipinski definition) is 0. The van der Waals surface area contributed by atoms with Gasteiger partial charge in [-0.05, 0) is 0 Å². The molecule has 0 saturated carbocycles. The molecular formula is CClF3LiO7SSm+2. The molecule has 0 aromatic heterocycles. The average Bonchev–Trinajstić information content (AvgIpc) is 1.50. The number of alkyl halides is 3. The normalized spacial score (nSPS) is 11.5. The van der Waals surface area contributed by atoms with Gasteiger partial charge in [0.25, 0.3) is 0 Å². The molecule has 0 saturated heterocycles. The fourth-order valence-corrected chi connectivity index (χ4v) is 0. The van der Waals surface area contributed by atoms with Crippen molar-refractivity contribution in [2.45, 2.75) is 5.51 Å². The maximum atomic E-state index is 10.7. The largest absolute Gasteiger partial charge is 3.00 e. The summed E-state index contributed by atoms with van der Waals surface area (Å²) >= 11 is 0. The average molecular weight is 406 g/mol. The second-order valence-corrected chi connectivity index (χ2v) is 3.40. The summed E-state index contributed by atoms with van der Waals surface area (Å²) in [5.74, 6) is 0. The van der Waals surface area contributed by atoms with E-state index in [9.17, 15) is 13.2 Å². The summed E-state index contributed by atoms with van der Waals surface area (Å²) < 4.78 is 92.9. The number of hydrogen-bond acceptors (Lipinski definition) is 7. The first-order chi connectivity index (χ1) is 5.25. The standard InChI is InChI=1S/CHF3O3S.ClHO4.Li.Sm/c2-1(3,4)8(5,6)7;2-1(3,4)5;;/h(H,5,6,7);(H,2,3,4,5);;/q;;+1;+3/p-2. The zero-order valence-electron chi connectivity index (χ0n) is 6.69. The van der Waals surface area contributed by atoms with Crippen molar-refractivity contribution in [3.8, 4) is 0 Å². The third-order valence-corrected chi connectivity index (χ3v) is 0.850. The third kappa shape index (κ3) is 25.8. The molecule has 0 aliphatic heterocycles. The van der Waals surface area contributed by atoms with Crippen LogP contribution in [0.15, 0.2) is 0 Å². The second-order valence-electron chi connectivity index (χ2n) is 1.28. The Hall–Kier alpha value is 1.77. The first kappa shape index (κ1) is 25.6. The molecule has 7 nitrogen and oxygen atoms in total. The van der Waals surface area contributed by atoms with E-state index in [1.165, 1.54) is 0 Å². The molecule has 0 aromatic rings. The van der Waals surface area contributed by atoms with Gasteiger partial charge in [0.05, 0.1) is 0 Å². The Kier molecular flexibility index (Phi) is 15.0. The SMILES string of the molecule is O=S(=O)([O-])C(F)(F)F.[Li+].[O-][Cl+3]([O-])([O-])[O-].[Sm+3]. The zero-order chi connectivity index (χ0) is 11.5. The van der Waals surface area contributed by atoms with Crippen molar-refractivity contribution >= 4 is 10.1 Å². The van der Waals surface area contributed by atoms with Crippen LogP contribution in [-0.4, -0.2) is 18.5 Å². The van der Waals surface area contributed by atoms with Gasteiger partial charge in [0.15, 0.2) is 10.1 Å². The van der Waals surface area contributed by atoms with Crippen molar-refractivity contribution < 1.29 is 114 Å². The summed E-state index contributed by atoms with van der Waals surface area (Å²) in [7, 11) is -11.0. The molecule has 0 spiro atoms. The summed E-state index contributed by atoms with van der Waals surface area (Å²) in [6.07, 6.45) is 0. The summed E-state index contributed by atoms with van der Waals surface area (Å²) in [6, 6.07) is 0. The molecule has 1 radical (unpaired) electrons. The van der Waals surface area contributed by atoms with Gasteiger partial charge in [-0.1, -0.05) is 0 Å². The molecule has 14 heteroatoms. The predicted molar refractivity (Wildman–Crippen MR) is 15.8 cm³/mol. The molecule has 85 valence electrons. The van der Waals surface area contributed by atoms with E-state index in [0.29, 0.717) is 0 Å². The Balaban J connectivity index is -0.0000000770. The van der Waals surface area contributed by atoms with Gasteiger partial charge in [-0.3, -0.25) is 0 Å². The third-order valence-electron chi connectivity index (χ3n) is 0.283. The van der Waals surface area contributed by atoms with E-state index in [1.807, 2.05) is 0 Å². The Labute approximate surface area is 128 Å². The molecule has 0 aliphatic rings. The van der Waals surface area contributed by atoms with E-state index in [1.54, 1.807) is 0 Å². The summed E-state index contributed by atoms with van der Waals surface area (Å²) in [5.41, 5.74) is -5.65. The fourth-order valence-electron chi connectivity index (χ4n) is 0. The van der Waals surface area contributed by atoms with Crippen LogP contribution in [0.4, 0.5) is 13.2 Å². The van der Waals surface area contributed by atoms with Gasteiger partial charge in [0.1, 0.15) is 0 Å². The van der Waals surface area contributed by atoms with Crippen molar-refractivity contribution in [2.24, 2.45) is 0 Å². The van der Waals surface area contributed by atoms with E-state index in [2.05, 4.69) is 0 Å². The maximum Gasteiger partial charge on any atom is 3.00 e. The summed E-state index contributed by atoms with van der Waals surface area (Å²) in [5, 5.41) is 0. The van der Waals surface area contributed by atoms with Crippen LogP contribution in [0.3, 0.4) is 0 Å². The van der Waals surface area contributed by atoms with Crippen molar-refractivity contribution in [1.29, 1.82) is 0 Å². The van der Waals surface area contributed by atoms with Crippen molar-refractivity contribution in [2.75, 3.05) is 0 Å². The molecule has 0 aliphatic carbocycles. The van der Waals surface area contributed by atoms with E-state index < -0.39 is 25.9 Å². The van der Waals surface area contributed by atoms with E-state index in [0.717, 1.165) is 0 Å². The molecule has 0 bridgehead atoms. The minimum atomic E-state index is -6.09. The summed E-state index contributed by atoms with van der Waals surface area (Å²) in [6.45, 7) is 0. The van der Waals surface area contributed by atoms with Crippen LogP contribution in [-0.2, 0) is 10.1 Å². The molecule has 0 heterocycles. The first-order valence-electron chi connectivity index (χ1n) is 1.89. The maximum absolute atomic E-state index is 10.7. The van der Waals surface area contributed by atoms with Crippen LogP contribution in [0.2, 0.25) is 0 Å². The Bertz CT molecular complexity index is 240. The molecule has 0 unspecified atom stereocenters. The van der Waals surface area contributed by atoms with Gasteiger partial charge >= 0.3 is 64.8 Å². The Morgan fingerprint density at radius 3 is 1.07 bits per heavy atom. The molecule has 0 fully saturated rings. The van der Waals surface area contributed by atoms with Gasteiger partial charge < -0.3 is 4.55 Å². The van der Waals surface area contributed by atoms with Crippen molar-refractivity contribution in [3.05, 3.63) is 0 Å². The number of halogens is 4. The van der Waals surface area contributed by atoms with Gasteiger partial charge in [0, 0.05) is 0 Å². The topological polar surface area (TPSA) is 149 Å². The number of rotatable bonds is 0. The Morgan fingerprint density at radius 1 is 1.00 bits per heavy atom. The Morgan fingerprint density at radius 2 is 1.07 bits per heavy atom. The zero-order valence-corrected chi connectivity index (χ0v) is 10.9. The minimum absolute atomic E-state index is 0. The second kappa shape index (κ2) is 8.80. The van der Waals surface area contributed by atoms with E-state index in [-0.39, 0.29) is 59.2 Å². The quantitative estimate of drug-likeness (QED) is 0.220. The fraction of sp³-hybridized carbons (Fsp3) is 1.00. The molecule has 0 amide bonds. The van der Waals surface area contributed by atoms with Crippen molar-refractivity contribution in [3.63, 3.8) is 0 Å². The van der Waals surface area contributed by atoms with Crippen LogP contribution in [0.1, 0.15) is 0 Å². The van der Waals surface area contributed by atoms with Crippen LogP contribution in [0, 0.1) is 50.6 Å². The summed E-state index contributed by atoms with van der Waals surface area (Å²) in [4.78, 5) is 0. The van der Waals surface area contributed by atoms with E-state index in [4.69, 9.17) is 31.6 Å². The van der Waals surface area contributed by atoms with Crippen LogP contribution < -0.4 is 37.5 Å². The van der Waals surface area contributed by atoms with Crippen molar-refractivity contribution in [1.82, 2.24) is 0 Å². The van der Waals surface area contributed by atoms with E-state index >= 15 is 0 Å². The molecule has 0 aromatic carbocycles. The predicted octanol–water partition coefficient (Wildman–Crippen LogP) is -7.70. The minimum Gasteiger partial charge on any atom is -0.741 e. The molecule has 0 rings (SSSR count). The molecule has 0 atom stereocenters. The van der Waals surface area contributed by atoms with Gasteiger partial charge in [-0.25, -0.2) is 27.1 Å². The first-order valence-corrected chi connectivity index (χ1v) is 4.53. The van der Waals surface area contributed by atoms with Gasteiger partial charge in [-0.15, -0.1) is 10.2 Å². The molecule has 0 N–H and O–H groups in total. The van der Waals surface area contributed by atoms with Gasteiger partial charge in [0.2, 0.25) is 0 Å². The molecular weight excluding hydrogens is 406 g/mol. The van der Waals surface area contributed by atoms with Gasteiger partial charge in [-0.2, -0.15) is 13.2 Å².